The number of aromatic amines is 1. The van der Waals surface area contributed by atoms with E-state index >= 15 is 0 Å². The van der Waals surface area contributed by atoms with E-state index in [9.17, 15) is 4.39 Å². The molecule has 2 N–H and O–H groups in total. The van der Waals surface area contributed by atoms with E-state index in [0.29, 0.717) is 6.61 Å². The highest BCUT2D eigenvalue weighted by Crippen LogP contribution is 2.43. The van der Waals surface area contributed by atoms with E-state index < -0.39 is 0 Å². The second kappa shape index (κ2) is 7.40. The topological polar surface area (TPSA) is 53.2 Å². The number of H-pyrrole nitrogens is 1. The lowest BCUT2D eigenvalue weighted by Crippen LogP contribution is -2.15. The van der Waals surface area contributed by atoms with Gasteiger partial charge >= 0.3 is 0 Å². The first-order valence-corrected chi connectivity index (χ1v) is 9.11. The number of benzene rings is 2. The lowest BCUT2D eigenvalue weighted by Gasteiger charge is -2.13. The first-order chi connectivity index (χ1) is 13.1. The molecule has 1 aliphatic rings. The largest absolute Gasteiger partial charge is 0.493 e. The molecular weight excluding hydrogens is 343 g/mol. The van der Waals surface area contributed by atoms with Crippen LogP contribution in [-0.2, 0) is 6.42 Å². The number of halogens is 1. The van der Waals surface area contributed by atoms with Crippen LogP contribution in [0.4, 0.5) is 15.9 Å². The van der Waals surface area contributed by atoms with Crippen LogP contribution in [0.15, 0.2) is 42.5 Å². The van der Waals surface area contributed by atoms with Gasteiger partial charge in [-0.05, 0) is 50.8 Å². The first-order valence-electron chi connectivity index (χ1n) is 9.11. The minimum atomic E-state index is -0.253. The zero-order valence-corrected chi connectivity index (χ0v) is 15.6. The molecule has 2 aromatic carbocycles. The summed E-state index contributed by atoms with van der Waals surface area (Å²) in [5, 5.41) is 10.8. The lowest BCUT2D eigenvalue weighted by atomic mass is 10.1. The zero-order valence-electron chi connectivity index (χ0n) is 15.6. The van der Waals surface area contributed by atoms with E-state index in [-0.39, 0.29) is 5.82 Å². The average molecular weight is 366 g/mol. The maximum Gasteiger partial charge on any atom is 0.156 e. The summed E-state index contributed by atoms with van der Waals surface area (Å²) in [4.78, 5) is 2.16. The molecule has 0 spiro atoms. The minimum Gasteiger partial charge on any atom is -0.493 e. The molecule has 0 unspecified atom stereocenters. The molecule has 1 heterocycles. The van der Waals surface area contributed by atoms with Crippen molar-refractivity contribution in [1.29, 1.82) is 0 Å². The fourth-order valence-electron chi connectivity index (χ4n) is 3.39. The Bertz CT molecular complexity index is 934. The molecule has 0 aliphatic heterocycles. The third-order valence-corrected chi connectivity index (χ3v) is 4.74. The van der Waals surface area contributed by atoms with Crippen molar-refractivity contribution in [3.63, 3.8) is 0 Å². The number of hydrogen-bond acceptors (Lipinski definition) is 4. The summed E-state index contributed by atoms with van der Waals surface area (Å²) < 4.78 is 19.2. The van der Waals surface area contributed by atoms with Crippen molar-refractivity contribution in [2.75, 3.05) is 32.6 Å². The van der Waals surface area contributed by atoms with Crippen LogP contribution in [0.1, 0.15) is 17.5 Å². The highest BCUT2D eigenvalue weighted by molar-refractivity contribution is 5.81. The first kappa shape index (κ1) is 17.5. The molecule has 0 atom stereocenters. The van der Waals surface area contributed by atoms with Crippen molar-refractivity contribution in [2.24, 2.45) is 0 Å². The van der Waals surface area contributed by atoms with Gasteiger partial charge in [-0.25, -0.2) is 4.39 Å². The van der Waals surface area contributed by atoms with Gasteiger partial charge < -0.3 is 15.0 Å². The second-order valence-electron chi connectivity index (χ2n) is 7.02. The standard InChI is InChI=1S/C21H23FN4O/c1-26(2)11-4-12-27-19-6-3-5-16-17(19)13-18-20(16)24-25-21(18)23-15-9-7-14(22)8-10-15/h3,5-10H,4,11-13H2,1-2H3,(H2,23,24,25). The Morgan fingerprint density at radius 3 is 2.74 bits per heavy atom. The number of nitrogens with zero attached hydrogens (tertiary/aromatic N) is 2. The predicted octanol–water partition coefficient (Wildman–Crippen LogP) is 4.19. The molecule has 1 aliphatic carbocycles. The predicted molar refractivity (Wildman–Crippen MR) is 105 cm³/mol. The summed E-state index contributed by atoms with van der Waals surface area (Å²) in [6, 6.07) is 12.4. The molecule has 0 bridgehead atoms. The summed E-state index contributed by atoms with van der Waals surface area (Å²) in [6.07, 6.45) is 1.75. The monoisotopic (exact) mass is 366 g/mol. The number of ether oxygens (including phenoxy) is 1. The van der Waals surface area contributed by atoms with Crippen LogP contribution in [0, 0.1) is 5.82 Å². The van der Waals surface area contributed by atoms with E-state index in [0.717, 1.165) is 53.5 Å². The molecule has 6 heteroatoms. The van der Waals surface area contributed by atoms with Crippen molar-refractivity contribution >= 4 is 11.5 Å². The normalized spacial score (nSPS) is 12.1. The molecule has 0 radical (unpaired) electrons. The van der Waals surface area contributed by atoms with E-state index in [2.05, 4.69) is 40.6 Å². The van der Waals surface area contributed by atoms with Crippen LogP contribution >= 0.6 is 0 Å². The van der Waals surface area contributed by atoms with Gasteiger partial charge in [-0.2, -0.15) is 5.10 Å². The van der Waals surface area contributed by atoms with Gasteiger partial charge in [0.1, 0.15) is 11.6 Å². The van der Waals surface area contributed by atoms with Gasteiger partial charge in [0.25, 0.3) is 0 Å². The molecule has 3 aromatic rings. The fraction of sp³-hybridized carbons (Fsp3) is 0.286. The van der Waals surface area contributed by atoms with Crippen LogP contribution in [0.3, 0.4) is 0 Å². The van der Waals surface area contributed by atoms with E-state index in [1.54, 1.807) is 12.1 Å². The Morgan fingerprint density at radius 1 is 1.15 bits per heavy atom. The summed E-state index contributed by atoms with van der Waals surface area (Å²) >= 11 is 0. The van der Waals surface area contributed by atoms with Gasteiger partial charge in [-0.1, -0.05) is 12.1 Å². The molecule has 1 aromatic heterocycles. The van der Waals surface area contributed by atoms with Gasteiger partial charge in [0.15, 0.2) is 5.82 Å². The Hall–Kier alpha value is -2.86. The number of hydrogen-bond donors (Lipinski definition) is 2. The van der Waals surface area contributed by atoms with Crippen molar-refractivity contribution in [1.82, 2.24) is 15.1 Å². The second-order valence-corrected chi connectivity index (χ2v) is 7.02. The van der Waals surface area contributed by atoms with Gasteiger partial charge in [-0.15, -0.1) is 0 Å². The molecule has 0 fully saturated rings. The number of fused-ring (bicyclic) bond motifs is 3. The van der Waals surface area contributed by atoms with Gasteiger partial charge in [0, 0.05) is 35.3 Å². The highest BCUT2D eigenvalue weighted by atomic mass is 19.1. The summed E-state index contributed by atoms with van der Waals surface area (Å²) in [5.74, 6) is 1.45. The summed E-state index contributed by atoms with van der Waals surface area (Å²) in [6.45, 7) is 1.70. The van der Waals surface area contributed by atoms with Crippen molar-refractivity contribution in [2.45, 2.75) is 12.8 Å². The van der Waals surface area contributed by atoms with Gasteiger partial charge in [0.2, 0.25) is 0 Å². The number of anilines is 2. The summed E-state index contributed by atoms with van der Waals surface area (Å²) in [7, 11) is 4.13. The van der Waals surface area contributed by atoms with Crippen LogP contribution in [-0.4, -0.2) is 42.3 Å². The maximum absolute atomic E-state index is 13.1. The fourth-order valence-corrected chi connectivity index (χ4v) is 3.39. The van der Waals surface area contributed by atoms with Crippen LogP contribution in [0.2, 0.25) is 0 Å². The molecule has 5 nitrogen and oxygen atoms in total. The summed E-state index contributed by atoms with van der Waals surface area (Å²) in [5.41, 5.74) is 5.26. The van der Waals surface area contributed by atoms with Crippen LogP contribution in [0.5, 0.6) is 5.75 Å². The SMILES string of the molecule is CN(C)CCCOc1cccc2c1Cc1c(Nc3ccc(F)cc3)n[nH]c1-2. The van der Waals surface area contributed by atoms with E-state index in [1.807, 2.05) is 12.1 Å². The van der Waals surface area contributed by atoms with Gasteiger partial charge in [-0.3, -0.25) is 5.10 Å². The third kappa shape index (κ3) is 3.66. The molecular formula is C21H23FN4O. The Labute approximate surface area is 158 Å². The number of aromatic nitrogens is 2. The average Bonchev–Trinajstić information content (AvgIpc) is 3.21. The zero-order chi connectivity index (χ0) is 18.8. The van der Waals surface area contributed by atoms with E-state index in [4.69, 9.17) is 4.74 Å². The molecule has 4 rings (SSSR count). The molecule has 140 valence electrons. The molecule has 0 saturated carbocycles. The van der Waals surface area contributed by atoms with Crippen molar-refractivity contribution < 1.29 is 9.13 Å². The number of rotatable bonds is 7. The quantitative estimate of drug-likeness (QED) is 0.482. The Balaban J connectivity index is 1.51. The Kier molecular flexibility index (Phi) is 4.81. The van der Waals surface area contributed by atoms with E-state index in [1.165, 1.54) is 17.7 Å². The maximum atomic E-state index is 13.1. The molecule has 27 heavy (non-hydrogen) atoms. The van der Waals surface area contributed by atoms with Gasteiger partial charge in [0.05, 0.1) is 12.3 Å². The lowest BCUT2D eigenvalue weighted by molar-refractivity contribution is 0.280. The number of nitrogens with one attached hydrogen (secondary N) is 2. The molecule has 0 saturated heterocycles. The smallest absolute Gasteiger partial charge is 0.156 e. The van der Waals surface area contributed by atoms with Crippen molar-refractivity contribution in [3.8, 4) is 17.0 Å². The highest BCUT2D eigenvalue weighted by Gasteiger charge is 2.27. The van der Waals surface area contributed by atoms with Crippen LogP contribution < -0.4 is 10.1 Å². The van der Waals surface area contributed by atoms with Crippen molar-refractivity contribution in [3.05, 3.63) is 59.4 Å². The molecule has 0 amide bonds. The third-order valence-electron chi connectivity index (χ3n) is 4.74. The van der Waals surface area contributed by atoms with Crippen LogP contribution in [0.25, 0.3) is 11.3 Å². The minimum absolute atomic E-state index is 0.253. The Morgan fingerprint density at radius 2 is 1.96 bits per heavy atom.